The number of amides is 2. The van der Waals surface area contributed by atoms with E-state index in [9.17, 15) is 19.2 Å². The van der Waals surface area contributed by atoms with Crippen LogP contribution in [0.3, 0.4) is 0 Å². The number of benzene rings is 1. The Morgan fingerprint density at radius 3 is 2.53 bits per heavy atom. The monoisotopic (exact) mass is 490 g/mol. The fraction of sp³-hybridized carbons (Fsp3) is 0.391. The molecule has 0 atom stereocenters. The van der Waals surface area contributed by atoms with Gasteiger partial charge in [-0.25, -0.2) is 4.79 Å². The molecule has 0 spiro atoms. The van der Waals surface area contributed by atoms with E-state index in [2.05, 4.69) is 5.32 Å². The van der Waals surface area contributed by atoms with Crippen LogP contribution in [0.1, 0.15) is 31.8 Å². The van der Waals surface area contributed by atoms with Gasteiger partial charge >= 0.3 is 5.97 Å². The Kier molecular flexibility index (Phi) is 9.00. The quantitative estimate of drug-likeness (QED) is 0.395. The molecule has 34 heavy (non-hydrogen) atoms. The van der Waals surface area contributed by atoms with Gasteiger partial charge in [-0.1, -0.05) is 0 Å². The molecule has 1 aromatic carbocycles. The normalized spacial score (nSPS) is 13.2. The van der Waals surface area contributed by atoms with Crippen molar-refractivity contribution in [3.05, 3.63) is 45.6 Å². The van der Waals surface area contributed by atoms with Gasteiger partial charge in [-0.05, 0) is 30.3 Å². The van der Waals surface area contributed by atoms with E-state index >= 15 is 0 Å². The second-order valence-corrected chi connectivity index (χ2v) is 8.49. The van der Waals surface area contributed by atoms with Gasteiger partial charge in [0.15, 0.2) is 24.7 Å². The van der Waals surface area contributed by atoms with Crippen LogP contribution in [0.5, 0.6) is 11.5 Å². The lowest BCUT2D eigenvalue weighted by Gasteiger charge is -2.26. The number of esters is 1. The summed E-state index contributed by atoms with van der Waals surface area (Å²) < 4.78 is 21.2. The second kappa shape index (κ2) is 12.1. The topological polar surface area (TPSA) is 120 Å². The zero-order valence-corrected chi connectivity index (χ0v) is 19.8. The Labute approximate surface area is 200 Å². The molecule has 11 heteroatoms. The zero-order valence-electron chi connectivity index (χ0n) is 19.0. The van der Waals surface area contributed by atoms with E-state index in [0.717, 1.165) is 4.88 Å². The molecule has 182 valence electrons. The highest BCUT2D eigenvalue weighted by Crippen LogP contribution is 2.28. The van der Waals surface area contributed by atoms with Crippen LogP contribution in [0.4, 0.5) is 0 Å². The third-order valence-corrected chi connectivity index (χ3v) is 6.02. The number of thiophene rings is 1. The van der Waals surface area contributed by atoms with Crippen LogP contribution in [-0.4, -0.2) is 75.1 Å². The highest BCUT2D eigenvalue weighted by Gasteiger charge is 2.19. The number of rotatable bonds is 10. The number of nitrogens with zero attached hydrogens (tertiary/aromatic N) is 1. The Bertz CT molecular complexity index is 1050. The smallest absolute Gasteiger partial charge is 0.338 e. The number of nitrogens with one attached hydrogen (secondary N) is 1. The molecule has 1 aliphatic rings. The summed E-state index contributed by atoms with van der Waals surface area (Å²) in [5, 5.41) is 2.66. The molecule has 3 rings (SSSR count). The van der Waals surface area contributed by atoms with Crippen LogP contribution in [-0.2, 0) is 25.6 Å². The number of carbonyl (C=O) groups is 4. The van der Waals surface area contributed by atoms with Crippen LogP contribution >= 0.6 is 11.3 Å². The Morgan fingerprint density at radius 2 is 1.82 bits per heavy atom. The molecule has 0 saturated carbocycles. The minimum atomic E-state index is -0.697. The Hall–Kier alpha value is -3.44. The molecule has 1 aliphatic heterocycles. The number of carbonyl (C=O) groups excluding carboxylic acids is 4. The van der Waals surface area contributed by atoms with Crippen molar-refractivity contribution >= 4 is 34.9 Å². The molecule has 0 unspecified atom stereocenters. The van der Waals surface area contributed by atoms with Gasteiger partial charge in [0.25, 0.3) is 5.91 Å². The van der Waals surface area contributed by atoms with Crippen LogP contribution in [0.15, 0.2) is 30.3 Å². The Morgan fingerprint density at radius 1 is 1.06 bits per heavy atom. The summed E-state index contributed by atoms with van der Waals surface area (Å²) in [5.41, 5.74) is 0.175. The molecule has 0 aliphatic carbocycles. The maximum Gasteiger partial charge on any atom is 0.338 e. The van der Waals surface area contributed by atoms with Gasteiger partial charge in [0.05, 0.1) is 37.3 Å². The van der Waals surface area contributed by atoms with Crippen LogP contribution in [0.25, 0.3) is 0 Å². The van der Waals surface area contributed by atoms with Crippen LogP contribution < -0.4 is 14.8 Å². The van der Waals surface area contributed by atoms with Gasteiger partial charge < -0.3 is 29.2 Å². The lowest BCUT2D eigenvalue weighted by Crippen LogP contribution is -2.43. The van der Waals surface area contributed by atoms with E-state index in [4.69, 9.17) is 18.9 Å². The van der Waals surface area contributed by atoms with Crippen LogP contribution in [0.2, 0.25) is 0 Å². The van der Waals surface area contributed by atoms with E-state index in [1.54, 1.807) is 17.0 Å². The molecule has 1 fully saturated rings. The summed E-state index contributed by atoms with van der Waals surface area (Å²) in [6, 6.07) is 7.78. The van der Waals surface area contributed by atoms with Gasteiger partial charge in [-0.2, -0.15) is 0 Å². The van der Waals surface area contributed by atoms with Crippen molar-refractivity contribution in [2.45, 2.75) is 13.5 Å². The number of Topliss-reactive ketones (excluding diaryl/α,β-unsaturated/α-hetero) is 1. The van der Waals surface area contributed by atoms with Crippen molar-refractivity contribution in [2.24, 2.45) is 0 Å². The lowest BCUT2D eigenvalue weighted by molar-refractivity contribution is -0.137. The largest absolute Gasteiger partial charge is 0.493 e. The summed E-state index contributed by atoms with van der Waals surface area (Å²) in [6.45, 7) is 3.19. The second-order valence-electron chi connectivity index (χ2n) is 7.32. The molecule has 1 aromatic heterocycles. The predicted octanol–water partition coefficient (Wildman–Crippen LogP) is 1.67. The average Bonchev–Trinajstić information content (AvgIpc) is 3.34. The predicted molar refractivity (Wildman–Crippen MR) is 122 cm³/mol. The summed E-state index contributed by atoms with van der Waals surface area (Å²) in [7, 11) is 1.42. The fourth-order valence-electron chi connectivity index (χ4n) is 3.08. The molecule has 2 amide bonds. The van der Waals surface area contributed by atoms with E-state index in [1.807, 2.05) is 0 Å². The van der Waals surface area contributed by atoms with Gasteiger partial charge in [0.1, 0.15) is 0 Å². The molecular weight excluding hydrogens is 464 g/mol. The molecule has 2 heterocycles. The highest BCUT2D eigenvalue weighted by atomic mass is 32.1. The number of hydrogen-bond donors (Lipinski definition) is 1. The first-order chi connectivity index (χ1) is 16.4. The molecule has 0 bridgehead atoms. The zero-order chi connectivity index (χ0) is 24.5. The van der Waals surface area contributed by atoms with E-state index in [0.29, 0.717) is 43.5 Å². The van der Waals surface area contributed by atoms with Crippen molar-refractivity contribution in [3.63, 3.8) is 0 Å². The van der Waals surface area contributed by atoms with Crippen molar-refractivity contribution in [3.8, 4) is 11.5 Å². The fourth-order valence-corrected chi connectivity index (χ4v) is 3.95. The summed E-state index contributed by atoms with van der Waals surface area (Å²) in [5.74, 6) is -0.802. The van der Waals surface area contributed by atoms with E-state index in [-0.39, 0.29) is 35.5 Å². The minimum Gasteiger partial charge on any atom is -0.493 e. The number of ether oxygens (including phenoxy) is 4. The van der Waals surface area contributed by atoms with Crippen molar-refractivity contribution < 1.29 is 38.1 Å². The Balaban J connectivity index is 1.53. The number of morpholine rings is 1. The van der Waals surface area contributed by atoms with Crippen molar-refractivity contribution in [2.75, 3.05) is 46.6 Å². The molecule has 10 nitrogen and oxygen atoms in total. The molecular formula is C23H26N2O8S. The third kappa shape index (κ3) is 7.03. The van der Waals surface area contributed by atoms with Gasteiger partial charge in [0, 0.05) is 24.9 Å². The lowest BCUT2D eigenvalue weighted by atomic mass is 10.2. The maximum atomic E-state index is 12.4. The molecule has 0 radical (unpaired) electrons. The summed E-state index contributed by atoms with van der Waals surface area (Å²) in [4.78, 5) is 50.9. The third-order valence-electron chi connectivity index (χ3n) is 4.90. The van der Waals surface area contributed by atoms with E-state index < -0.39 is 12.6 Å². The van der Waals surface area contributed by atoms with Gasteiger partial charge in [0.2, 0.25) is 11.7 Å². The first-order valence-corrected chi connectivity index (χ1v) is 11.4. The van der Waals surface area contributed by atoms with Crippen molar-refractivity contribution in [1.82, 2.24) is 10.2 Å². The summed E-state index contributed by atoms with van der Waals surface area (Å²) in [6.07, 6.45) is 0. The van der Waals surface area contributed by atoms with E-state index in [1.165, 1.54) is 43.6 Å². The average molecular weight is 491 g/mol. The number of hydrogen-bond acceptors (Lipinski definition) is 9. The number of methoxy groups -OCH3 is 1. The first-order valence-electron chi connectivity index (χ1n) is 10.6. The molecule has 1 N–H and O–H groups in total. The van der Waals surface area contributed by atoms with Crippen molar-refractivity contribution in [1.29, 1.82) is 0 Å². The SMILES string of the molecule is COc1cc(C(=O)OCC(=O)c2ccc(CNC(C)=O)s2)ccc1OCC(=O)N1CCOCC1. The molecule has 1 saturated heterocycles. The first kappa shape index (κ1) is 25.2. The van der Waals surface area contributed by atoms with Gasteiger partial charge in [-0.3, -0.25) is 14.4 Å². The van der Waals surface area contributed by atoms with Crippen LogP contribution in [0, 0.1) is 0 Å². The summed E-state index contributed by atoms with van der Waals surface area (Å²) >= 11 is 1.23. The molecule has 2 aromatic rings. The minimum absolute atomic E-state index is 0.161. The highest BCUT2D eigenvalue weighted by molar-refractivity contribution is 7.14. The maximum absolute atomic E-state index is 12.4. The standard InChI is InChI=1S/C23H26N2O8S/c1-15(26)24-12-17-4-6-21(34-17)18(27)13-33-23(29)16-3-5-19(20(11-16)30-2)32-14-22(28)25-7-9-31-10-8-25/h3-6,11H,7-10,12-14H2,1-2H3,(H,24,26). The van der Waals surface area contributed by atoms with Gasteiger partial charge in [-0.15, -0.1) is 11.3 Å². The number of ketones is 1.